The molecule has 0 radical (unpaired) electrons. The van der Waals surface area contributed by atoms with Gasteiger partial charge in [0.25, 0.3) is 0 Å². The number of nitrogens with zero attached hydrogens (tertiary/aromatic N) is 2. The molecule has 1 aliphatic heterocycles. The molecule has 0 fully saturated rings. The van der Waals surface area contributed by atoms with Gasteiger partial charge in [0, 0.05) is 37.3 Å². The molecule has 0 bridgehead atoms. The van der Waals surface area contributed by atoms with Crippen LogP contribution in [0.4, 0.5) is 0 Å². The molecule has 1 unspecified atom stereocenters. The zero-order valence-corrected chi connectivity index (χ0v) is 10.1. The lowest BCUT2D eigenvalue weighted by molar-refractivity contribution is 0.190. The molecule has 3 rings (SSSR count). The van der Waals surface area contributed by atoms with Crippen LogP contribution in [0.2, 0.25) is 0 Å². The molecule has 0 spiro atoms. The maximum Gasteiger partial charge on any atom is 0.125 e. The van der Waals surface area contributed by atoms with Gasteiger partial charge in [-0.15, -0.1) is 0 Å². The SMILES string of the molecule is OCC1CCc2nc(-c3ccccc3O)cn2C1. The third-order valence-electron chi connectivity index (χ3n) is 3.53. The van der Waals surface area contributed by atoms with Crippen LogP contribution in [-0.4, -0.2) is 26.4 Å². The maximum atomic E-state index is 9.83. The molecule has 2 aromatic rings. The molecule has 1 aliphatic rings. The number of aryl methyl sites for hydroxylation is 1. The maximum absolute atomic E-state index is 9.83. The third kappa shape index (κ3) is 1.88. The van der Waals surface area contributed by atoms with Crippen molar-refractivity contribution in [2.75, 3.05) is 6.61 Å². The van der Waals surface area contributed by atoms with E-state index in [9.17, 15) is 10.2 Å². The van der Waals surface area contributed by atoms with Crippen molar-refractivity contribution < 1.29 is 10.2 Å². The van der Waals surface area contributed by atoms with Crippen molar-refractivity contribution in [3.8, 4) is 17.0 Å². The van der Waals surface area contributed by atoms with Crippen molar-refractivity contribution in [2.45, 2.75) is 19.4 Å². The molecule has 1 atom stereocenters. The van der Waals surface area contributed by atoms with E-state index in [4.69, 9.17) is 0 Å². The Balaban J connectivity index is 1.97. The summed E-state index contributed by atoms with van der Waals surface area (Å²) in [6.45, 7) is 1.04. The summed E-state index contributed by atoms with van der Waals surface area (Å²) in [6, 6.07) is 7.23. The fourth-order valence-corrected chi connectivity index (χ4v) is 2.48. The molecule has 0 amide bonds. The van der Waals surface area contributed by atoms with Crippen molar-refractivity contribution in [3.63, 3.8) is 0 Å². The molecule has 1 aromatic heterocycles. The molecule has 94 valence electrons. The van der Waals surface area contributed by atoms with Gasteiger partial charge in [-0.25, -0.2) is 4.98 Å². The number of aliphatic hydroxyl groups excluding tert-OH is 1. The average molecular weight is 244 g/mol. The first-order chi connectivity index (χ1) is 8.78. The molecule has 0 saturated carbocycles. The van der Waals surface area contributed by atoms with Gasteiger partial charge in [0.1, 0.15) is 11.6 Å². The number of benzene rings is 1. The van der Waals surface area contributed by atoms with Crippen LogP contribution in [0.15, 0.2) is 30.5 Å². The summed E-state index contributed by atoms with van der Waals surface area (Å²) in [4.78, 5) is 4.57. The number of fused-ring (bicyclic) bond motifs is 1. The molecule has 4 heteroatoms. The molecule has 2 N–H and O–H groups in total. The first-order valence-electron chi connectivity index (χ1n) is 6.23. The Bertz CT molecular complexity index is 563. The van der Waals surface area contributed by atoms with E-state index in [2.05, 4.69) is 9.55 Å². The lowest BCUT2D eigenvalue weighted by Gasteiger charge is -2.21. The highest BCUT2D eigenvalue weighted by Gasteiger charge is 2.20. The Morgan fingerprint density at radius 1 is 1.33 bits per heavy atom. The summed E-state index contributed by atoms with van der Waals surface area (Å²) in [5.41, 5.74) is 1.57. The minimum absolute atomic E-state index is 0.226. The molecule has 0 saturated heterocycles. The normalized spacial score (nSPS) is 18.6. The van der Waals surface area contributed by atoms with Crippen molar-refractivity contribution in [3.05, 3.63) is 36.3 Å². The van der Waals surface area contributed by atoms with Crippen LogP contribution < -0.4 is 0 Å². The smallest absolute Gasteiger partial charge is 0.125 e. The standard InChI is InChI=1S/C14H16N2O2/c17-9-10-5-6-14-15-12(8-16(14)7-10)11-3-1-2-4-13(11)18/h1-4,8,10,17-18H,5-7,9H2. The number of rotatable bonds is 2. The molecule has 0 aliphatic carbocycles. The van der Waals surface area contributed by atoms with E-state index in [1.165, 1.54) is 0 Å². The zero-order chi connectivity index (χ0) is 12.5. The topological polar surface area (TPSA) is 58.3 Å². The van der Waals surface area contributed by atoms with Gasteiger partial charge in [-0.3, -0.25) is 0 Å². The van der Waals surface area contributed by atoms with Gasteiger partial charge in [0.05, 0.1) is 5.69 Å². The number of phenolic OH excluding ortho intramolecular Hbond substituents is 1. The predicted octanol–water partition coefficient (Wildman–Crippen LogP) is 1.81. The highest BCUT2D eigenvalue weighted by molar-refractivity contribution is 5.66. The van der Waals surface area contributed by atoms with E-state index in [-0.39, 0.29) is 12.4 Å². The van der Waals surface area contributed by atoms with Crippen molar-refractivity contribution in [1.29, 1.82) is 0 Å². The molecule has 1 aromatic carbocycles. The van der Waals surface area contributed by atoms with E-state index < -0.39 is 0 Å². The van der Waals surface area contributed by atoms with Gasteiger partial charge in [0.2, 0.25) is 0 Å². The van der Waals surface area contributed by atoms with Crippen LogP contribution in [0.5, 0.6) is 5.75 Å². The number of para-hydroxylation sites is 1. The Labute approximate surface area is 106 Å². The summed E-state index contributed by atoms with van der Waals surface area (Å²) in [5, 5.41) is 19.0. The van der Waals surface area contributed by atoms with Crippen LogP contribution in [0.1, 0.15) is 12.2 Å². The largest absolute Gasteiger partial charge is 0.507 e. The average Bonchev–Trinajstić information content (AvgIpc) is 2.81. The van der Waals surface area contributed by atoms with Crippen molar-refractivity contribution >= 4 is 0 Å². The minimum Gasteiger partial charge on any atom is -0.507 e. The van der Waals surface area contributed by atoms with E-state index in [0.29, 0.717) is 5.92 Å². The molecule has 4 nitrogen and oxygen atoms in total. The number of phenols is 1. The summed E-state index contributed by atoms with van der Waals surface area (Å²) in [7, 11) is 0. The highest BCUT2D eigenvalue weighted by atomic mass is 16.3. The van der Waals surface area contributed by atoms with E-state index in [0.717, 1.165) is 36.5 Å². The van der Waals surface area contributed by atoms with E-state index >= 15 is 0 Å². The van der Waals surface area contributed by atoms with Crippen LogP contribution >= 0.6 is 0 Å². The Hall–Kier alpha value is -1.81. The van der Waals surface area contributed by atoms with Gasteiger partial charge in [-0.2, -0.15) is 0 Å². The fraction of sp³-hybridized carbons (Fsp3) is 0.357. The zero-order valence-electron chi connectivity index (χ0n) is 10.1. The van der Waals surface area contributed by atoms with Crippen LogP contribution in [0.3, 0.4) is 0 Å². The highest BCUT2D eigenvalue weighted by Crippen LogP contribution is 2.30. The minimum atomic E-state index is 0.226. The second-order valence-corrected chi connectivity index (χ2v) is 4.80. The van der Waals surface area contributed by atoms with Gasteiger partial charge in [-0.1, -0.05) is 12.1 Å². The number of aliphatic hydroxyl groups is 1. The molecular formula is C14H16N2O2. The van der Waals surface area contributed by atoms with Gasteiger partial charge in [0.15, 0.2) is 0 Å². The lowest BCUT2D eigenvalue weighted by Crippen LogP contribution is -2.22. The molecular weight excluding hydrogens is 228 g/mol. The Morgan fingerprint density at radius 3 is 2.94 bits per heavy atom. The van der Waals surface area contributed by atoms with Crippen molar-refractivity contribution in [1.82, 2.24) is 9.55 Å². The lowest BCUT2D eigenvalue weighted by atomic mass is 10.0. The van der Waals surface area contributed by atoms with Crippen LogP contribution in [-0.2, 0) is 13.0 Å². The number of hydrogen-bond donors (Lipinski definition) is 2. The third-order valence-corrected chi connectivity index (χ3v) is 3.53. The second-order valence-electron chi connectivity index (χ2n) is 4.80. The molecule has 2 heterocycles. The summed E-state index contributed by atoms with van der Waals surface area (Å²) in [6.07, 6.45) is 3.83. The summed E-state index contributed by atoms with van der Waals surface area (Å²) in [5.74, 6) is 1.62. The first kappa shape index (κ1) is 11.3. The number of aromatic nitrogens is 2. The van der Waals surface area contributed by atoms with Gasteiger partial charge >= 0.3 is 0 Å². The van der Waals surface area contributed by atoms with Crippen LogP contribution in [0.25, 0.3) is 11.3 Å². The molecule has 18 heavy (non-hydrogen) atoms. The quantitative estimate of drug-likeness (QED) is 0.847. The summed E-state index contributed by atoms with van der Waals surface area (Å²) >= 11 is 0. The van der Waals surface area contributed by atoms with Crippen LogP contribution in [0, 0.1) is 5.92 Å². The second kappa shape index (κ2) is 4.46. The first-order valence-corrected chi connectivity index (χ1v) is 6.23. The van der Waals surface area contributed by atoms with Gasteiger partial charge < -0.3 is 14.8 Å². The Morgan fingerprint density at radius 2 is 2.17 bits per heavy atom. The number of imidazole rings is 1. The van der Waals surface area contributed by atoms with E-state index in [1.54, 1.807) is 12.1 Å². The Kier molecular flexibility index (Phi) is 2.80. The van der Waals surface area contributed by atoms with Gasteiger partial charge in [-0.05, 0) is 18.6 Å². The monoisotopic (exact) mass is 244 g/mol. The predicted molar refractivity (Wildman–Crippen MR) is 68.2 cm³/mol. The fourth-order valence-electron chi connectivity index (χ4n) is 2.48. The van der Waals surface area contributed by atoms with E-state index in [1.807, 2.05) is 18.3 Å². The number of aromatic hydroxyl groups is 1. The van der Waals surface area contributed by atoms with Crippen molar-refractivity contribution in [2.24, 2.45) is 5.92 Å². The summed E-state index contributed by atoms with van der Waals surface area (Å²) < 4.78 is 2.09. The number of hydrogen-bond acceptors (Lipinski definition) is 3.